The second kappa shape index (κ2) is 5.35. The van der Waals surface area contributed by atoms with Crippen molar-refractivity contribution in [3.63, 3.8) is 0 Å². The van der Waals surface area contributed by atoms with Crippen molar-refractivity contribution >= 4 is 39.8 Å². The third-order valence-electron chi connectivity index (χ3n) is 3.12. The van der Waals surface area contributed by atoms with Crippen molar-refractivity contribution < 1.29 is 4.39 Å². The van der Waals surface area contributed by atoms with E-state index in [1.807, 2.05) is 24.3 Å². The Balaban J connectivity index is 1.89. The molecule has 0 radical (unpaired) electrons. The summed E-state index contributed by atoms with van der Waals surface area (Å²) in [6.45, 7) is 0.369. The van der Waals surface area contributed by atoms with Gasteiger partial charge in [-0.25, -0.2) is 4.39 Å². The number of aromatic nitrogens is 1. The molecule has 2 N–H and O–H groups in total. The lowest BCUT2D eigenvalue weighted by Crippen LogP contribution is -2.02. The lowest BCUT2D eigenvalue weighted by molar-refractivity contribution is 0.630. The van der Waals surface area contributed by atoms with Gasteiger partial charge in [0, 0.05) is 10.9 Å². The maximum Gasteiger partial charge on any atom is 0.147 e. The molecule has 3 rings (SSSR count). The van der Waals surface area contributed by atoms with E-state index < -0.39 is 0 Å². The first-order valence-corrected chi connectivity index (χ1v) is 6.85. The number of benzene rings is 2. The van der Waals surface area contributed by atoms with Crippen LogP contribution in [-0.4, -0.2) is 4.98 Å². The Bertz CT molecular complexity index is 747. The first-order valence-electron chi connectivity index (χ1n) is 6.10. The van der Waals surface area contributed by atoms with Crippen molar-refractivity contribution in [3.05, 3.63) is 64.0 Å². The number of aromatic amines is 1. The molecule has 2 aromatic carbocycles. The molecular formula is C15H11Cl2FN2. The molecule has 0 saturated heterocycles. The van der Waals surface area contributed by atoms with E-state index in [-0.39, 0.29) is 11.5 Å². The molecule has 0 aliphatic heterocycles. The van der Waals surface area contributed by atoms with Gasteiger partial charge in [-0.05, 0) is 18.2 Å². The molecular weight excluding hydrogens is 298 g/mol. The van der Waals surface area contributed by atoms with Crippen molar-refractivity contribution in [2.75, 3.05) is 5.32 Å². The Morgan fingerprint density at radius 1 is 1.05 bits per heavy atom. The predicted molar refractivity (Wildman–Crippen MR) is 82.0 cm³/mol. The van der Waals surface area contributed by atoms with Crippen LogP contribution in [0.25, 0.3) is 10.9 Å². The SMILES string of the molecule is Fc1cccc(Cl)c1NCc1[nH]c2ccccc2c1Cl. The second-order valence-electron chi connectivity index (χ2n) is 4.41. The Morgan fingerprint density at radius 3 is 2.60 bits per heavy atom. The smallest absolute Gasteiger partial charge is 0.147 e. The van der Waals surface area contributed by atoms with E-state index in [2.05, 4.69) is 10.3 Å². The number of hydrogen-bond donors (Lipinski definition) is 2. The summed E-state index contributed by atoms with van der Waals surface area (Å²) in [7, 11) is 0. The topological polar surface area (TPSA) is 27.8 Å². The molecule has 0 aliphatic carbocycles. The zero-order valence-corrected chi connectivity index (χ0v) is 11.9. The fraction of sp³-hybridized carbons (Fsp3) is 0.0667. The molecule has 0 aliphatic rings. The fourth-order valence-corrected chi connectivity index (χ4v) is 2.64. The van der Waals surface area contributed by atoms with Crippen LogP contribution in [0.3, 0.4) is 0 Å². The van der Waals surface area contributed by atoms with E-state index >= 15 is 0 Å². The first-order chi connectivity index (χ1) is 9.66. The Labute approximate surface area is 125 Å². The highest BCUT2D eigenvalue weighted by Gasteiger charge is 2.11. The van der Waals surface area contributed by atoms with E-state index in [1.54, 1.807) is 12.1 Å². The number of para-hydroxylation sites is 2. The van der Waals surface area contributed by atoms with Crippen molar-refractivity contribution in [1.82, 2.24) is 4.98 Å². The largest absolute Gasteiger partial charge is 0.376 e. The second-order valence-corrected chi connectivity index (χ2v) is 5.20. The van der Waals surface area contributed by atoms with Gasteiger partial charge in [0.2, 0.25) is 0 Å². The van der Waals surface area contributed by atoms with Gasteiger partial charge in [-0.3, -0.25) is 0 Å². The summed E-state index contributed by atoms with van der Waals surface area (Å²) in [4.78, 5) is 3.21. The highest BCUT2D eigenvalue weighted by atomic mass is 35.5. The van der Waals surface area contributed by atoms with E-state index in [0.717, 1.165) is 16.6 Å². The maximum atomic E-state index is 13.7. The lowest BCUT2D eigenvalue weighted by atomic mass is 10.2. The minimum absolute atomic E-state index is 0.281. The standard InChI is InChI=1S/C15H11Cl2FN2/c16-10-5-3-6-11(18)15(10)19-8-13-14(17)9-4-1-2-7-12(9)20-13/h1-7,19-20H,8H2. The van der Waals surface area contributed by atoms with Gasteiger partial charge in [0.1, 0.15) is 5.82 Å². The zero-order valence-electron chi connectivity index (χ0n) is 10.4. The van der Waals surface area contributed by atoms with Crippen LogP contribution in [0.15, 0.2) is 42.5 Å². The molecule has 5 heteroatoms. The summed E-state index contributed by atoms with van der Waals surface area (Å²) in [5.74, 6) is -0.385. The van der Waals surface area contributed by atoms with Gasteiger partial charge in [-0.1, -0.05) is 47.5 Å². The molecule has 0 bridgehead atoms. The van der Waals surface area contributed by atoms with Crippen LogP contribution < -0.4 is 5.32 Å². The van der Waals surface area contributed by atoms with Crippen LogP contribution >= 0.6 is 23.2 Å². The average Bonchev–Trinajstić information content (AvgIpc) is 2.76. The van der Waals surface area contributed by atoms with Gasteiger partial charge in [0.05, 0.1) is 28.0 Å². The third kappa shape index (κ3) is 2.35. The molecule has 1 heterocycles. The van der Waals surface area contributed by atoms with Gasteiger partial charge in [-0.15, -0.1) is 0 Å². The van der Waals surface area contributed by atoms with Crippen LogP contribution in [-0.2, 0) is 6.54 Å². The Morgan fingerprint density at radius 2 is 1.85 bits per heavy atom. The first kappa shape index (κ1) is 13.3. The number of halogens is 3. The number of nitrogens with one attached hydrogen (secondary N) is 2. The maximum absolute atomic E-state index is 13.7. The summed E-state index contributed by atoms with van der Waals surface area (Å²) in [5, 5.41) is 4.91. The van der Waals surface area contributed by atoms with Gasteiger partial charge in [0.15, 0.2) is 0 Å². The van der Waals surface area contributed by atoms with Gasteiger partial charge < -0.3 is 10.3 Å². The van der Waals surface area contributed by atoms with Crippen LogP contribution in [0.2, 0.25) is 10.0 Å². The molecule has 0 unspecified atom stereocenters. The zero-order chi connectivity index (χ0) is 14.1. The van der Waals surface area contributed by atoms with Crippen molar-refractivity contribution in [2.45, 2.75) is 6.54 Å². The fourth-order valence-electron chi connectivity index (χ4n) is 2.13. The molecule has 102 valence electrons. The number of H-pyrrole nitrogens is 1. The summed E-state index contributed by atoms with van der Waals surface area (Å²) < 4.78 is 13.7. The van der Waals surface area contributed by atoms with Crippen LogP contribution in [0.4, 0.5) is 10.1 Å². The van der Waals surface area contributed by atoms with E-state index in [0.29, 0.717) is 16.6 Å². The molecule has 0 spiro atoms. The Kier molecular flexibility index (Phi) is 3.55. The number of hydrogen-bond acceptors (Lipinski definition) is 1. The van der Waals surface area contributed by atoms with Crippen LogP contribution in [0, 0.1) is 5.82 Å². The number of fused-ring (bicyclic) bond motifs is 1. The average molecular weight is 309 g/mol. The van der Waals surface area contributed by atoms with Crippen molar-refractivity contribution in [2.24, 2.45) is 0 Å². The lowest BCUT2D eigenvalue weighted by Gasteiger charge is -2.08. The number of anilines is 1. The summed E-state index contributed by atoms with van der Waals surface area (Å²) >= 11 is 12.3. The monoisotopic (exact) mass is 308 g/mol. The summed E-state index contributed by atoms with van der Waals surface area (Å²) in [6, 6.07) is 12.3. The van der Waals surface area contributed by atoms with E-state index in [4.69, 9.17) is 23.2 Å². The predicted octanol–water partition coefficient (Wildman–Crippen LogP) is 5.23. The summed E-state index contributed by atoms with van der Waals surface area (Å²) in [6.07, 6.45) is 0. The molecule has 0 atom stereocenters. The third-order valence-corrected chi connectivity index (χ3v) is 3.87. The minimum atomic E-state index is -0.385. The van der Waals surface area contributed by atoms with Gasteiger partial charge in [0.25, 0.3) is 0 Å². The molecule has 1 aromatic heterocycles. The number of rotatable bonds is 3. The van der Waals surface area contributed by atoms with E-state index in [1.165, 1.54) is 6.07 Å². The highest BCUT2D eigenvalue weighted by molar-refractivity contribution is 6.36. The normalized spacial score (nSPS) is 10.9. The Hall–Kier alpha value is -1.71. The van der Waals surface area contributed by atoms with Crippen molar-refractivity contribution in [3.8, 4) is 0 Å². The van der Waals surface area contributed by atoms with Gasteiger partial charge in [-0.2, -0.15) is 0 Å². The molecule has 0 amide bonds. The molecule has 20 heavy (non-hydrogen) atoms. The molecule has 0 saturated carbocycles. The van der Waals surface area contributed by atoms with E-state index in [9.17, 15) is 4.39 Å². The quantitative estimate of drug-likeness (QED) is 0.681. The summed E-state index contributed by atoms with van der Waals surface area (Å²) in [5.41, 5.74) is 2.03. The van der Waals surface area contributed by atoms with Crippen molar-refractivity contribution in [1.29, 1.82) is 0 Å². The minimum Gasteiger partial charge on any atom is -0.376 e. The van der Waals surface area contributed by atoms with Crippen LogP contribution in [0.1, 0.15) is 5.69 Å². The van der Waals surface area contributed by atoms with Gasteiger partial charge >= 0.3 is 0 Å². The molecule has 3 aromatic rings. The molecule has 0 fully saturated rings. The highest BCUT2D eigenvalue weighted by Crippen LogP contribution is 2.29. The molecule has 2 nitrogen and oxygen atoms in total. The van der Waals surface area contributed by atoms with Crippen LogP contribution in [0.5, 0.6) is 0 Å².